The SMILES string of the molecule is C=CC=CCCC(C)=CC(C)CCC=C. The molecule has 0 aliphatic carbocycles. The van der Waals surface area contributed by atoms with Crippen LogP contribution >= 0.6 is 0 Å². The highest BCUT2D eigenvalue weighted by atomic mass is 14.0. The van der Waals surface area contributed by atoms with Gasteiger partial charge in [0, 0.05) is 0 Å². The summed E-state index contributed by atoms with van der Waals surface area (Å²) in [5.41, 5.74) is 1.49. The predicted molar refractivity (Wildman–Crippen MR) is 70.9 cm³/mol. The van der Waals surface area contributed by atoms with Gasteiger partial charge in [-0.25, -0.2) is 0 Å². The Morgan fingerprint density at radius 3 is 2.60 bits per heavy atom. The molecule has 0 aliphatic heterocycles. The van der Waals surface area contributed by atoms with Crippen molar-refractivity contribution in [2.75, 3.05) is 0 Å². The quantitative estimate of drug-likeness (QED) is 0.383. The van der Waals surface area contributed by atoms with Crippen molar-refractivity contribution in [3.05, 3.63) is 49.1 Å². The second-order valence-electron chi connectivity index (χ2n) is 4.06. The van der Waals surface area contributed by atoms with Crippen LogP contribution in [0.4, 0.5) is 0 Å². The van der Waals surface area contributed by atoms with Crippen molar-refractivity contribution in [1.82, 2.24) is 0 Å². The molecule has 84 valence electrons. The van der Waals surface area contributed by atoms with E-state index in [1.54, 1.807) is 0 Å². The zero-order chi connectivity index (χ0) is 11.5. The fraction of sp³-hybridized carbons (Fsp3) is 0.467. The first-order valence-electron chi connectivity index (χ1n) is 5.76. The molecule has 0 aliphatic rings. The maximum Gasteiger partial charge on any atom is -0.0256 e. The third-order valence-corrected chi connectivity index (χ3v) is 2.37. The molecule has 0 aromatic carbocycles. The molecule has 0 saturated heterocycles. The molecule has 0 saturated carbocycles. The summed E-state index contributed by atoms with van der Waals surface area (Å²) in [6, 6.07) is 0. The average Bonchev–Trinajstić information content (AvgIpc) is 2.21. The summed E-state index contributed by atoms with van der Waals surface area (Å²) in [6.45, 7) is 11.9. The van der Waals surface area contributed by atoms with Crippen LogP contribution in [-0.2, 0) is 0 Å². The van der Waals surface area contributed by atoms with E-state index in [1.807, 2.05) is 18.2 Å². The molecule has 1 unspecified atom stereocenters. The van der Waals surface area contributed by atoms with Gasteiger partial charge in [-0.2, -0.15) is 0 Å². The lowest BCUT2D eigenvalue weighted by Gasteiger charge is -2.06. The Morgan fingerprint density at radius 1 is 1.27 bits per heavy atom. The van der Waals surface area contributed by atoms with Gasteiger partial charge in [0.05, 0.1) is 0 Å². The molecule has 0 heterocycles. The minimum absolute atomic E-state index is 0.673. The fourth-order valence-corrected chi connectivity index (χ4v) is 1.54. The van der Waals surface area contributed by atoms with Crippen LogP contribution in [0, 0.1) is 5.92 Å². The third kappa shape index (κ3) is 9.27. The Balaban J connectivity index is 3.80. The van der Waals surface area contributed by atoms with Crippen LogP contribution in [0.15, 0.2) is 49.1 Å². The van der Waals surface area contributed by atoms with Crippen LogP contribution in [0.3, 0.4) is 0 Å². The van der Waals surface area contributed by atoms with Gasteiger partial charge in [0.2, 0.25) is 0 Å². The smallest absolute Gasteiger partial charge is 0.0256 e. The number of hydrogen-bond acceptors (Lipinski definition) is 0. The first kappa shape index (κ1) is 14.0. The van der Waals surface area contributed by atoms with Gasteiger partial charge < -0.3 is 0 Å². The number of hydrogen-bond donors (Lipinski definition) is 0. The molecule has 0 radical (unpaired) electrons. The molecular weight excluding hydrogens is 180 g/mol. The van der Waals surface area contributed by atoms with E-state index in [-0.39, 0.29) is 0 Å². The minimum atomic E-state index is 0.673. The molecule has 1 atom stereocenters. The normalized spacial score (nSPS) is 14.1. The van der Waals surface area contributed by atoms with Crippen molar-refractivity contribution in [2.45, 2.75) is 39.5 Å². The topological polar surface area (TPSA) is 0 Å². The molecule has 0 rings (SSSR count). The zero-order valence-corrected chi connectivity index (χ0v) is 10.2. The molecule has 0 N–H and O–H groups in total. The molecule has 0 nitrogen and oxygen atoms in total. The van der Waals surface area contributed by atoms with Gasteiger partial charge in [-0.3, -0.25) is 0 Å². The van der Waals surface area contributed by atoms with Crippen LogP contribution < -0.4 is 0 Å². The van der Waals surface area contributed by atoms with Crippen molar-refractivity contribution < 1.29 is 0 Å². The first-order chi connectivity index (χ1) is 7.20. The highest BCUT2D eigenvalue weighted by Crippen LogP contribution is 2.13. The van der Waals surface area contributed by atoms with Gasteiger partial charge in [0.1, 0.15) is 0 Å². The minimum Gasteiger partial charge on any atom is -0.103 e. The van der Waals surface area contributed by atoms with Crippen LogP contribution in [0.1, 0.15) is 39.5 Å². The molecule has 0 aromatic rings. The maximum absolute atomic E-state index is 3.74. The largest absolute Gasteiger partial charge is 0.103 e. The predicted octanol–water partition coefficient (Wildman–Crippen LogP) is 5.06. The van der Waals surface area contributed by atoms with E-state index in [9.17, 15) is 0 Å². The lowest BCUT2D eigenvalue weighted by molar-refractivity contribution is 0.650. The second-order valence-corrected chi connectivity index (χ2v) is 4.06. The Labute approximate surface area is 95.1 Å². The summed E-state index contributed by atoms with van der Waals surface area (Å²) >= 11 is 0. The van der Waals surface area contributed by atoms with E-state index in [4.69, 9.17) is 0 Å². The summed E-state index contributed by atoms with van der Waals surface area (Å²) in [7, 11) is 0. The molecule has 0 heteroatoms. The molecule has 0 amide bonds. The summed E-state index contributed by atoms with van der Waals surface area (Å²) in [5, 5.41) is 0. The number of allylic oxidation sites excluding steroid dienone is 6. The fourth-order valence-electron chi connectivity index (χ4n) is 1.54. The van der Waals surface area contributed by atoms with E-state index in [1.165, 1.54) is 12.0 Å². The highest BCUT2D eigenvalue weighted by Gasteiger charge is 1.97. The molecule has 0 spiro atoms. The first-order valence-corrected chi connectivity index (χ1v) is 5.76. The van der Waals surface area contributed by atoms with E-state index in [2.05, 4.69) is 39.2 Å². The Bertz CT molecular complexity index is 230. The van der Waals surface area contributed by atoms with E-state index in [0.29, 0.717) is 5.92 Å². The second kappa shape index (κ2) is 9.51. The molecule has 0 fully saturated rings. The van der Waals surface area contributed by atoms with Crippen molar-refractivity contribution in [1.29, 1.82) is 0 Å². The monoisotopic (exact) mass is 204 g/mol. The lowest BCUT2D eigenvalue weighted by atomic mass is 10.0. The van der Waals surface area contributed by atoms with Gasteiger partial charge in [-0.05, 0) is 38.5 Å². The molecular formula is C15H24. The lowest BCUT2D eigenvalue weighted by Crippen LogP contribution is -1.90. The summed E-state index contributed by atoms with van der Waals surface area (Å²) in [6.07, 6.45) is 15.0. The summed E-state index contributed by atoms with van der Waals surface area (Å²) in [5.74, 6) is 0.673. The molecule has 0 aromatic heterocycles. The van der Waals surface area contributed by atoms with Crippen LogP contribution in [0.25, 0.3) is 0 Å². The Morgan fingerprint density at radius 2 is 2.00 bits per heavy atom. The van der Waals surface area contributed by atoms with Crippen LogP contribution in [0.2, 0.25) is 0 Å². The van der Waals surface area contributed by atoms with Crippen LogP contribution in [-0.4, -0.2) is 0 Å². The third-order valence-electron chi connectivity index (χ3n) is 2.37. The van der Waals surface area contributed by atoms with Gasteiger partial charge >= 0.3 is 0 Å². The Hall–Kier alpha value is -1.04. The van der Waals surface area contributed by atoms with E-state index in [0.717, 1.165) is 19.3 Å². The number of rotatable bonds is 8. The zero-order valence-electron chi connectivity index (χ0n) is 10.2. The van der Waals surface area contributed by atoms with Gasteiger partial charge in [0.25, 0.3) is 0 Å². The van der Waals surface area contributed by atoms with E-state index >= 15 is 0 Å². The Kier molecular flexibility index (Phi) is 8.85. The molecule has 0 bridgehead atoms. The van der Waals surface area contributed by atoms with Gasteiger partial charge in [-0.1, -0.05) is 49.5 Å². The van der Waals surface area contributed by atoms with Crippen molar-refractivity contribution >= 4 is 0 Å². The highest BCUT2D eigenvalue weighted by molar-refractivity contribution is 5.04. The maximum atomic E-state index is 3.74. The van der Waals surface area contributed by atoms with E-state index < -0.39 is 0 Å². The van der Waals surface area contributed by atoms with Crippen molar-refractivity contribution in [2.24, 2.45) is 5.92 Å². The van der Waals surface area contributed by atoms with Crippen molar-refractivity contribution in [3.8, 4) is 0 Å². The molecule has 15 heavy (non-hydrogen) atoms. The summed E-state index contributed by atoms with van der Waals surface area (Å²) < 4.78 is 0. The van der Waals surface area contributed by atoms with Gasteiger partial charge in [-0.15, -0.1) is 6.58 Å². The standard InChI is InChI=1S/C15H24/c1-5-7-9-10-12-15(4)13-14(3)11-8-6-2/h5-7,9,13-14H,1-2,8,10-12H2,3-4H3. The van der Waals surface area contributed by atoms with Crippen molar-refractivity contribution in [3.63, 3.8) is 0 Å². The summed E-state index contributed by atoms with van der Waals surface area (Å²) in [4.78, 5) is 0. The average molecular weight is 204 g/mol. The van der Waals surface area contributed by atoms with Gasteiger partial charge in [0.15, 0.2) is 0 Å². The van der Waals surface area contributed by atoms with Crippen LogP contribution in [0.5, 0.6) is 0 Å².